The first-order valence-corrected chi connectivity index (χ1v) is 8.12. The van der Waals surface area contributed by atoms with Gasteiger partial charge < -0.3 is 19.7 Å². The molecule has 124 valence electrons. The van der Waals surface area contributed by atoms with Crippen molar-refractivity contribution in [1.82, 2.24) is 19.6 Å². The molecule has 0 radical (unpaired) electrons. The zero-order valence-corrected chi connectivity index (χ0v) is 13.7. The number of likely N-dealkylation sites (N-methyl/N-ethyl adjacent to an activating group) is 1. The Morgan fingerprint density at radius 3 is 2.87 bits per heavy atom. The van der Waals surface area contributed by atoms with Crippen LogP contribution in [0.15, 0.2) is 24.4 Å². The third kappa shape index (κ3) is 3.47. The summed E-state index contributed by atoms with van der Waals surface area (Å²) in [5.41, 5.74) is 2.09. The van der Waals surface area contributed by atoms with Gasteiger partial charge in [0.15, 0.2) is 0 Å². The molecule has 1 aliphatic rings. The van der Waals surface area contributed by atoms with Gasteiger partial charge in [0.05, 0.1) is 24.4 Å². The lowest BCUT2D eigenvalue weighted by Gasteiger charge is -2.28. The summed E-state index contributed by atoms with van der Waals surface area (Å²) in [6, 6.07) is 5.75. The highest BCUT2D eigenvalue weighted by Gasteiger charge is 2.33. The van der Waals surface area contributed by atoms with Crippen molar-refractivity contribution in [1.29, 1.82) is 0 Å². The number of carbonyl (C=O) groups excluding carboxylic acids is 1. The number of pyridine rings is 1. The number of aliphatic hydroxyl groups is 1. The van der Waals surface area contributed by atoms with Gasteiger partial charge in [0.2, 0.25) is 0 Å². The Labute approximate surface area is 136 Å². The Hall–Kier alpha value is -2.08. The van der Waals surface area contributed by atoms with Crippen molar-refractivity contribution in [3.05, 3.63) is 35.8 Å². The van der Waals surface area contributed by atoms with Crippen molar-refractivity contribution in [3.63, 3.8) is 0 Å². The van der Waals surface area contributed by atoms with E-state index in [-0.39, 0.29) is 6.03 Å². The van der Waals surface area contributed by atoms with E-state index >= 15 is 0 Å². The van der Waals surface area contributed by atoms with Crippen molar-refractivity contribution in [2.24, 2.45) is 0 Å². The number of fused-ring (bicyclic) bond motifs is 1. The van der Waals surface area contributed by atoms with E-state index < -0.39 is 5.60 Å². The molecule has 6 nitrogen and oxygen atoms in total. The zero-order chi connectivity index (χ0) is 16.4. The first-order valence-electron chi connectivity index (χ1n) is 8.12. The lowest BCUT2D eigenvalue weighted by molar-refractivity contribution is 0.0247. The van der Waals surface area contributed by atoms with E-state index in [4.69, 9.17) is 0 Å². The first kappa shape index (κ1) is 15.8. The quantitative estimate of drug-likeness (QED) is 0.907. The van der Waals surface area contributed by atoms with Crippen LogP contribution in [0.4, 0.5) is 4.79 Å². The van der Waals surface area contributed by atoms with Crippen molar-refractivity contribution < 1.29 is 9.90 Å². The summed E-state index contributed by atoms with van der Waals surface area (Å²) in [5.74, 6) is 0. The lowest BCUT2D eigenvalue weighted by atomic mass is 10.0. The smallest absolute Gasteiger partial charge is 0.317 e. The largest absolute Gasteiger partial charge is 0.388 e. The minimum Gasteiger partial charge on any atom is -0.388 e. The van der Waals surface area contributed by atoms with Gasteiger partial charge in [-0.1, -0.05) is 18.9 Å². The van der Waals surface area contributed by atoms with Crippen molar-refractivity contribution in [2.45, 2.75) is 44.8 Å². The number of urea groups is 1. The molecule has 2 amide bonds. The molecule has 0 spiro atoms. The van der Waals surface area contributed by atoms with Gasteiger partial charge in [-0.15, -0.1) is 0 Å². The van der Waals surface area contributed by atoms with Crippen molar-refractivity contribution in [3.8, 4) is 0 Å². The SMILES string of the molecule is Cc1cccc2nc(CNC(=O)N(C)CC3(O)CCCC3)cn12. The van der Waals surface area contributed by atoms with Gasteiger partial charge in [0, 0.05) is 18.9 Å². The third-order valence-corrected chi connectivity index (χ3v) is 4.58. The van der Waals surface area contributed by atoms with Crippen molar-refractivity contribution >= 4 is 11.7 Å². The molecule has 6 heteroatoms. The average Bonchev–Trinajstić information content (AvgIpc) is 3.12. The summed E-state index contributed by atoms with van der Waals surface area (Å²) >= 11 is 0. The van der Waals surface area contributed by atoms with Crippen LogP contribution in [0.25, 0.3) is 5.65 Å². The van der Waals surface area contributed by atoms with Crippen LogP contribution in [0.3, 0.4) is 0 Å². The van der Waals surface area contributed by atoms with E-state index in [0.717, 1.165) is 42.7 Å². The average molecular weight is 316 g/mol. The van der Waals surface area contributed by atoms with Crippen LogP contribution in [0.5, 0.6) is 0 Å². The number of aromatic nitrogens is 2. The fraction of sp³-hybridized carbons (Fsp3) is 0.529. The number of nitrogens with zero attached hydrogens (tertiary/aromatic N) is 3. The summed E-state index contributed by atoms with van der Waals surface area (Å²) in [6.45, 7) is 2.78. The van der Waals surface area contributed by atoms with E-state index in [2.05, 4.69) is 10.3 Å². The molecule has 0 aromatic carbocycles. The Kier molecular flexibility index (Phi) is 4.26. The Morgan fingerprint density at radius 2 is 2.17 bits per heavy atom. The molecule has 2 aromatic heterocycles. The number of carbonyl (C=O) groups is 1. The predicted octanol–water partition coefficient (Wildman–Crippen LogP) is 2.09. The van der Waals surface area contributed by atoms with E-state index in [0.29, 0.717) is 13.1 Å². The standard InChI is InChI=1S/C17H24N4O2/c1-13-6-5-7-15-19-14(11-21(13)15)10-18-16(22)20(2)12-17(23)8-3-4-9-17/h5-7,11,23H,3-4,8-10,12H2,1-2H3,(H,18,22). The molecule has 3 rings (SSSR count). The van der Waals surface area contributed by atoms with Gasteiger partial charge >= 0.3 is 6.03 Å². The summed E-state index contributed by atoms with van der Waals surface area (Å²) in [7, 11) is 1.72. The molecular weight excluding hydrogens is 292 g/mol. The molecule has 1 aliphatic carbocycles. The molecule has 0 unspecified atom stereocenters. The van der Waals surface area contributed by atoms with Gasteiger partial charge in [-0.3, -0.25) is 0 Å². The van der Waals surface area contributed by atoms with E-state index in [1.807, 2.05) is 35.7 Å². The number of rotatable bonds is 4. The van der Waals surface area contributed by atoms with Crippen LogP contribution in [0.2, 0.25) is 0 Å². The summed E-state index contributed by atoms with van der Waals surface area (Å²) in [4.78, 5) is 18.3. The minimum absolute atomic E-state index is 0.181. The van der Waals surface area contributed by atoms with E-state index in [1.165, 1.54) is 0 Å². The summed E-state index contributed by atoms with van der Waals surface area (Å²) in [5, 5.41) is 13.3. The monoisotopic (exact) mass is 316 g/mol. The van der Waals surface area contributed by atoms with E-state index in [1.54, 1.807) is 11.9 Å². The van der Waals surface area contributed by atoms with Crippen LogP contribution in [-0.4, -0.2) is 44.6 Å². The summed E-state index contributed by atoms with van der Waals surface area (Å²) in [6.07, 6.45) is 5.56. The number of imidazole rings is 1. The third-order valence-electron chi connectivity index (χ3n) is 4.58. The maximum Gasteiger partial charge on any atom is 0.317 e. The molecule has 2 heterocycles. The Bertz CT molecular complexity index is 704. The molecule has 0 saturated heterocycles. The molecule has 1 fully saturated rings. The Morgan fingerprint density at radius 1 is 1.43 bits per heavy atom. The van der Waals surface area contributed by atoms with Crippen LogP contribution >= 0.6 is 0 Å². The molecule has 0 atom stereocenters. The van der Waals surface area contributed by atoms with Gasteiger partial charge in [-0.25, -0.2) is 9.78 Å². The molecule has 23 heavy (non-hydrogen) atoms. The topological polar surface area (TPSA) is 69.9 Å². The number of aryl methyl sites for hydroxylation is 1. The second kappa shape index (κ2) is 6.20. The molecule has 0 bridgehead atoms. The van der Waals surface area contributed by atoms with E-state index in [9.17, 15) is 9.90 Å². The highest BCUT2D eigenvalue weighted by molar-refractivity contribution is 5.73. The van der Waals surface area contributed by atoms with Crippen molar-refractivity contribution in [2.75, 3.05) is 13.6 Å². The number of hydrogen-bond acceptors (Lipinski definition) is 3. The maximum absolute atomic E-state index is 12.2. The molecule has 1 saturated carbocycles. The second-order valence-electron chi connectivity index (χ2n) is 6.57. The fourth-order valence-corrected chi connectivity index (χ4v) is 3.29. The molecule has 0 aliphatic heterocycles. The van der Waals surface area contributed by atoms with Gasteiger partial charge in [0.1, 0.15) is 5.65 Å². The van der Waals surface area contributed by atoms with Crippen LogP contribution < -0.4 is 5.32 Å². The maximum atomic E-state index is 12.2. The van der Waals surface area contributed by atoms with Crippen LogP contribution in [-0.2, 0) is 6.54 Å². The van der Waals surface area contributed by atoms with Crippen LogP contribution in [0, 0.1) is 6.92 Å². The fourth-order valence-electron chi connectivity index (χ4n) is 3.29. The highest BCUT2D eigenvalue weighted by atomic mass is 16.3. The lowest BCUT2D eigenvalue weighted by Crippen LogP contribution is -2.45. The second-order valence-corrected chi connectivity index (χ2v) is 6.57. The molecule has 2 aromatic rings. The zero-order valence-electron chi connectivity index (χ0n) is 13.7. The number of amides is 2. The highest BCUT2D eigenvalue weighted by Crippen LogP contribution is 2.29. The molecule has 2 N–H and O–H groups in total. The number of hydrogen-bond donors (Lipinski definition) is 2. The molecular formula is C17H24N4O2. The predicted molar refractivity (Wildman–Crippen MR) is 88.2 cm³/mol. The normalized spacial score (nSPS) is 16.7. The first-order chi connectivity index (χ1) is 11.0. The minimum atomic E-state index is -0.716. The van der Waals surface area contributed by atoms with Gasteiger partial charge in [-0.05, 0) is 31.9 Å². The van der Waals surface area contributed by atoms with Gasteiger partial charge in [0.25, 0.3) is 0 Å². The Balaban J connectivity index is 1.58. The van der Waals surface area contributed by atoms with Crippen LogP contribution in [0.1, 0.15) is 37.1 Å². The van der Waals surface area contributed by atoms with Gasteiger partial charge in [-0.2, -0.15) is 0 Å². The summed E-state index contributed by atoms with van der Waals surface area (Å²) < 4.78 is 2.01. The number of nitrogens with one attached hydrogen (secondary N) is 1.